The predicted octanol–water partition coefficient (Wildman–Crippen LogP) is 3.32. The van der Waals surface area contributed by atoms with Crippen molar-refractivity contribution < 1.29 is 0 Å². The molecule has 0 saturated heterocycles. The third kappa shape index (κ3) is 2.03. The zero-order valence-corrected chi connectivity index (χ0v) is 10.9. The van der Waals surface area contributed by atoms with E-state index in [-0.39, 0.29) is 0 Å². The molecular weight excluding hydrogens is 208 g/mol. The average Bonchev–Trinajstić information content (AvgIpc) is 2.91. The first kappa shape index (κ1) is 11.3. The van der Waals surface area contributed by atoms with Gasteiger partial charge in [-0.2, -0.15) is 0 Å². The lowest BCUT2D eigenvalue weighted by Gasteiger charge is -2.22. The largest absolute Gasteiger partial charge is 0.348 e. The van der Waals surface area contributed by atoms with Gasteiger partial charge in [-0.05, 0) is 56.6 Å². The molecule has 2 aliphatic rings. The minimum atomic E-state index is 0.294. The minimum absolute atomic E-state index is 0.294. The van der Waals surface area contributed by atoms with Gasteiger partial charge in [0.05, 0.1) is 0 Å². The van der Waals surface area contributed by atoms with Gasteiger partial charge in [-0.3, -0.25) is 0 Å². The standard InChI is InChI=1S/C15H24N2/c1-11-9-13-14(16)7-4-8-15(13)17(11)10-12-5-2-3-6-12/h9,12,14H,2-8,10,16H2,1H3. The molecule has 3 rings (SSSR count). The van der Waals surface area contributed by atoms with Gasteiger partial charge in [-0.15, -0.1) is 0 Å². The van der Waals surface area contributed by atoms with Crippen LogP contribution < -0.4 is 5.73 Å². The number of nitrogens with two attached hydrogens (primary N) is 1. The van der Waals surface area contributed by atoms with Gasteiger partial charge in [0.2, 0.25) is 0 Å². The van der Waals surface area contributed by atoms with E-state index in [1.165, 1.54) is 62.7 Å². The van der Waals surface area contributed by atoms with E-state index in [9.17, 15) is 0 Å². The second kappa shape index (κ2) is 4.49. The first-order valence-corrected chi connectivity index (χ1v) is 7.20. The molecule has 1 aromatic rings. The van der Waals surface area contributed by atoms with Crippen LogP contribution in [0.4, 0.5) is 0 Å². The van der Waals surface area contributed by atoms with Crippen molar-refractivity contribution in [1.82, 2.24) is 4.57 Å². The van der Waals surface area contributed by atoms with Gasteiger partial charge in [0, 0.05) is 24.0 Å². The van der Waals surface area contributed by atoms with Crippen molar-refractivity contribution in [2.45, 2.75) is 64.5 Å². The van der Waals surface area contributed by atoms with Crippen LogP contribution in [0, 0.1) is 12.8 Å². The Morgan fingerprint density at radius 2 is 2.00 bits per heavy atom. The van der Waals surface area contributed by atoms with Crippen LogP contribution in [0.2, 0.25) is 0 Å². The van der Waals surface area contributed by atoms with Crippen LogP contribution in [0.1, 0.15) is 61.5 Å². The smallest absolute Gasteiger partial charge is 0.0313 e. The van der Waals surface area contributed by atoms with E-state index in [1.807, 2.05) is 0 Å². The topological polar surface area (TPSA) is 30.9 Å². The maximum Gasteiger partial charge on any atom is 0.0313 e. The third-order valence-electron chi connectivity index (χ3n) is 4.69. The highest BCUT2D eigenvalue weighted by Gasteiger charge is 2.24. The summed E-state index contributed by atoms with van der Waals surface area (Å²) >= 11 is 0. The molecular formula is C15H24N2. The summed E-state index contributed by atoms with van der Waals surface area (Å²) in [7, 11) is 0. The monoisotopic (exact) mass is 232 g/mol. The molecule has 0 spiro atoms. The maximum absolute atomic E-state index is 6.22. The molecule has 94 valence electrons. The summed E-state index contributed by atoms with van der Waals surface area (Å²) in [4.78, 5) is 0. The van der Waals surface area contributed by atoms with Crippen molar-refractivity contribution >= 4 is 0 Å². The molecule has 0 aliphatic heterocycles. The number of hydrogen-bond acceptors (Lipinski definition) is 1. The number of hydrogen-bond donors (Lipinski definition) is 1. The highest BCUT2D eigenvalue weighted by molar-refractivity contribution is 5.32. The van der Waals surface area contributed by atoms with E-state index in [2.05, 4.69) is 17.6 Å². The number of fused-ring (bicyclic) bond motifs is 1. The molecule has 1 heterocycles. The fourth-order valence-corrected chi connectivity index (χ4v) is 3.71. The SMILES string of the molecule is Cc1cc2c(n1CC1CCCC1)CCCC2N. The Kier molecular flexibility index (Phi) is 2.99. The van der Waals surface area contributed by atoms with E-state index in [4.69, 9.17) is 5.73 Å². The van der Waals surface area contributed by atoms with Crippen LogP contribution in [0.3, 0.4) is 0 Å². The minimum Gasteiger partial charge on any atom is -0.348 e. The molecule has 1 saturated carbocycles. The van der Waals surface area contributed by atoms with E-state index in [0.29, 0.717) is 6.04 Å². The molecule has 1 fully saturated rings. The Morgan fingerprint density at radius 3 is 2.76 bits per heavy atom. The Hall–Kier alpha value is -0.760. The van der Waals surface area contributed by atoms with Gasteiger partial charge >= 0.3 is 0 Å². The molecule has 0 radical (unpaired) electrons. The second-order valence-corrected chi connectivity index (χ2v) is 5.95. The lowest BCUT2D eigenvalue weighted by molar-refractivity contribution is 0.434. The summed E-state index contributed by atoms with van der Waals surface area (Å²) in [5, 5.41) is 0. The van der Waals surface area contributed by atoms with Crippen molar-refractivity contribution in [3.8, 4) is 0 Å². The molecule has 0 amide bonds. The summed E-state index contributed by atoms with van der Waals surface area (Å²) in [6, 6.07) is 2.64. The predicted molar refractivity (Wildman–Crippen MR) is 71.0 cm³/mol. The lowest BCUT2D eigenvalue weighted by Crippen LogP contribution is -2.19. The summed E-state index contributed by atoms with van der Waals surface area (Å²) in [6.07, 6.45) is 9.40. The molecule has 0 aromatic carbocycles. The van der Waals surface area contributed by atoms with E-state index in [0.717, 1.165) is 5.92 Å². The molecule has 1 unspecified atom stereocenters. The third-order valence-corrected chi connectivity index (χ3v) is 4.69. The fraction of sp³-hybridized carbons (Fsp3) is 0.733. The van der Waals surface area contributed by atoms with Crippen molar-refractivity contribution in [1.29, 1.82) is 0 Å². The zero-order chi connectivity index (χ0) is 11.8. The molecule has 0 bridgehead atoms. The van der Waals surface area contributed by atoms with Gasteiger partial charge in [-0.1, -0.05) is 12.8 Å². The van der Waals surface area contributed by atoms with Gasteiger partial charge < -0.3 is 10.3 Å². The Labute approximate surface area is 104 Å². The number of aryl methyl sites for hydroxylation is 1. The Bertz CT molecular complexity index is 399. The van der Waals surface area contributed by atoms with E-state index >= 15 is 0 Å². The summed E-state index contributed by atoms with van der Waals surface area (Å²) in [5.41, 5.74) is 10.6. The van der Waals surface area contributed by atoms with Crippen molar-refractivity contribution in [2.75, 3.05) is 0 Å². The zero-order valence-electron chi connectivity index (χ0n) is 10.9. The number of aromatic nitrogens is 1. The van der Waals surface area contributed by atoms with Gasteiger partial charge in [0.25, 0.3) is 0 Å². The van der Waals surface area contributed by atoms with Crippen LogP contribution in [0.5, 0.6) is 0 Å². The molecule has 2 aliphatic carbocycles. The van der Waals surface area contributed by atoms with Gasteiger partial charge in [-0.25, -0.2) is 0 Å². The fourth-order valence-electron chi connectivity index (χ4n) is 3.71. The van der Waals surface area contributed by atoms with Gasteiger partial charge in [0.1, 0.15) is 0 Å². The van der Waals surface area contributed by atoms with Crippen molar-refractivity contribution in [3.63, 3.8) is 0 Å². The molecule has 1 atom stereocenters. The molecule has 2 heteroatoms. The second-order valence-electron chi connectivity index (χ2n) is 5.95. The lowest BCUT2D eigenvalue weighted by atomic mass is 9.93. The van der Waals surface area contributed by atoms with Crippen LogP contribution in [0.15, 0.2) is 6.07 Å². The molecule has 1 aromatic heterocycles. The molecule has 2 N–H and O–H groups in total. The first-order valence-electron chi connectivity index (χ1n) is 7.20. The normalized spacial score (nSPS) is 25.2. The first-order chi connectivity index (χ1) is 8.25. The molecule has 17 heavy (non-hydrogen) atoms. The highest BCUT2D eigenvalue weighted by atomic mass is 15.0. The van der Waals surface area contributed by atoms with E-state index < -0.39 is 0 Å². The Morgan fingerprint density at radius 1 is 1.24 bits per heavy atom. The maximum atomic E-state index is 6.22. The van der Waals surface area contributed by atoms with Crippen molar-refractivity contribution in [2.24, 2.45) is 11.7 Å². The van der Waals surface area contributed by atoms with Crippen LogP contribution in [-0.4, -0.2) is 4.57 Å². The average molecular weight is 232 g/mol. The highest BCUT2D eigenvalue weighted by Crippen LogP contribution is 2.33. The van der Waals surface area contributed by atoms with Crippen LogP contribution in [0.25, 0.3) is 0 Å². The van der Waals surface area contributed by atoms with Gasteiger partial charge in [0.15, 0.2) is 0 Å². The van der Waals surface area contributed by atoms with E-state index in [1.54, 1.807) is 5.69 Å². The summed E-state index contributed by atoms with van der Waals surface area (Å²) in [5.74, 6) is 0.920. The van der Waals surface area contributed by atoms with Crippen LogP contribution in [-0.2, 0) is 13.0 Å². The number of nitrogens with zero attached hydrogens (tertiary/aromatic N) is 1. The van der Waals surface area contributed by atoms with Crippen LogP contribution >= 0.6 is 0 Å². The quantitative estimate of drug-likeness (QED) is 0.833. The Balaban J connectivity index is 1.87. The molecule has 2 nitrogen and oxygen atoms in total. The summed E-state index contributed by atoms with van der Waals surface area (Å²) < 4.78 is 2.57. The number of rotatable bonds is 2. The summed E-state index contributed by atoms with van der Waals surface area (Å²) in [6.45, 7) is 3.49. The van der Waals surface area contributed by atoms with Crippen molar-refractivity contribution in [3.05, 3.63) is 23.0 Å².